The Morgan fingerprint density at radius 1 is 1.50 bits per heavy atom. The second-order valence-corrected chi connectivity index (χ2v) is 4.16. The maximum atomic E-state index is 10.8. The zero-order valence-corrected chi connectivity index (χ0v) is 10.6. The Bertz CT molecular complexity index is 665. The molecule has 0 aliphatic carbocycles. The van der Waals surface area contributed by atoms with E-state index in [-0.39, 0.29) is 30.2 Å². The molecular formula is C12H11N3O5. The summed E-state index contributed by atoms with van der Waals surface area (Å²) in [6.45, 7) is 1.77. The molecule has 0 saturated carbocycles. The summed E-state index contributed by atoms with van der Waals surface area (Å²) in [5.74, 6) is -0.559. The average Bonchev–Trinajstić information content (AvgIpc) is 2.85. The predicted octanol–water partition coefficient (Wildman–Crippen LogP) is 1.97. The first kappa shape index (κ1) is 13.7. The molecule has 1 aromatic heterocycles. The van der Waals surface area contributed by atoms with Crippen LogP contribution in [0.25, 0.3) is 11.4 Å². The third kappa shape index (κ3) is 2.97. The fourth-order valence-electron chi connectivity index (χ4n) is 1.64. The van der Waals surface area contributed by atoms with Gasteiger partial charge >= 0.3 is 5.97 Å². The molecule has 0 saturated heterocycles. The number of nitro groups is 1. The number of aromatic nitrogens is 2. The van der Waals surface area contributed by atoms with E-state index in [9.17, 15) is 14.9 Å². The van der Waals surface area contributed by atoms with E-state index in [2.05, 4.69) is 10.1 Å². The molecule has 1 heterocycles. The Balaban J connectivity index is 2.29. The molecule has 0 spiro atoms. The van der Waals surface area contributed by atoms with Gasteiger partial charge in [-0.3, -0.25) is 14.9 Å². The third-order valence-electron chi connectivity index (χ3n) is 2.69. The summed E-state index contributed by atoms with van der Waals surface area (Å²) in [7, 11) is 0. The van der Waals surface area contributed by atoms with E-state index in [1.807, 2.05) is 0 Å². The van der Waals surface area contributed by atoms with Crippen molar-refractivity contribution in [3.63, 3.8) is 0 Å². The number of carboxylic acid groups (broad SMARTS) is 1. The van der Waals surface area contributed by atoms with Gasteiger partial charge in [-0.2, -0.15) is 4.98 Å². The smallest absolute Gasteiger partial charge is 0.303 e. The lowest BCUT2D eigenvalue weighted by molar-refractivity contribution is -0.384. The van der Waals surface area contributed by atoms with Gasteiger partial charge in [-0.05, 0) is 12.5 Å². The second-order valence-electron chi connectivity index (χ2n) is 4.16. The molecule has 0 aliphatic heterocycles. The summed E-state index contributed by atoms with van der Waals surface area (Å²) in [6, 6.07) is 4.35. The Labute approximate surface area is 113 Å². The molecule has 2 rings (SSSR count). The molecule has 0 aliphatic rings. The fraction of sp³-hybridized carbons (Fsp3) is 0.250. The van der Waals surface area contributed by atoms with Gasteiger partial charge in [0.2, 0.25) is 11.7 Å². The monoisotopic (exact) mass is 277 g/mol. The van der Waals surface area contributed by atoms with Crippen LogP contribution < -0.4 is 0 Å². The molecule has 0 radical (unpaired) electrons. The topological polar surface area (TPSA) is 119 Å². The number of nitro benzene ring substituents is 1. The van der Waals surface area contributed by atoms with Crippen molar-refractivity contribution in [2.75, 3.05) is 0 Å². The molecule has 0 amide bonds. The Hall–Kier alpha value is -2.77. The van der Waals surface area contributed by atoms with Gasteiger partial charge in [0, 0.05) is 24.1 Å². The first-order valence-corrected chi connectivity index (χ1v) is 5.77. The van der Waals surface area contributed by atoms with E-state index in [0.29, 0.717) is 5.56 Å². The van der Waals surface area contributed by atoms with Gasteiger partial charge < -0.3 is 9.63 Å². The number of aryl methyl sites for hydroxylation is 2. The molecule has 8 nitrogen and oxygen atoms in total. The Kier molecular flexibility index (Phi) is 3.74. The van der Waals surface area contributed by atoms with E-state index in [1.54, 1.807) is 13.0 Å². The standard InChI is InChI=1S/C12H11N3O5/c1-7-2-3-8(15(18)19)6-9(7)12-13-10(20-14-12)4-5-11(16)17/h2-3,6H,4-5H2,1H3,(H,16,17). The second kappa shape index (κ2) is 5.47. The molecular weight excluding hydrogens is 266 g/mol. The van der Waals surface area contributed by atoms with Crippen molar-refractivity contribution < 1.29 is 19.3 Å². The minimum atomic E-state index is -0.962. The molecule has 0 atom stereocenters. The quantitative estimate of drug-likeness (QED) is 0.655. The highest BCUT2D eigenvalue weighted by Gasteiger charge is 2.15. The van der Waals surface area contributed by atoms with E-state index in [1.165, 1.54) is 12.1 Å². The van der Waals surface area contributed by atoms with Crippen LogP contribution in [0.4, 0.5) is 5.69 Å². The van der Waals surface area contributed by atoms with Gasteiger partial charge in [0.25, 0.3) is 5.69 Å². The van der Waals surface area contributed by atoms with E-state index >= 15 is 0 Å². The summed E-state index contributed by atoms with van der Waals surface area (Å²) in [5, 5.41) is 23.1. The fourth-order valence-corrected chi connectivity index (χ4v) is 1.64. The summed E-state index contributed by atoms with van der Waals surface area (Å²) in [5.41, 5.74) is 1.19. The van der Waals surface area contributed by atoms with Crippen molar-refractivity contribution in [2.45, 2.75) is 19.8 Å². The van der Waals surface area contributed by atoms with Crippen LogP contribution in [0.2, 0.25) is 0 Å². The predicted molar refractivity (Wildman–Crippen MR) is 67.1 cm³/mol. The van der Waals surface area contributed by atoms with E-state index < -0.39 is 10.9 Å². The van der Waals surface area contributed by atoms with Crippen LogP contribution in [0.3, 0.4) is 0 Å². The number of carboxylic acids is 1. The molecule has 8 heteroatoms. The van der Waals surface area contributed by atoms with E-state index in [0.717, 1.165) is 5.56 Å². The van der Waals surface area contributed by atoms with Crippen LogP contribution in [0.5, 0.6) is 0 Å². The van der Waals surface area contributed by atoms with Crippen LogP contribution in [0.15, 0.2) is 22.7 Å². The number of hydrogen-bond donors (Lipinski definition) is 1. The molecule has 2 aromatic rings. The molecule has 1 N–H and O–H groups in total. The summed E-state index contributed by atoms with van der Waals surface area (Å²) in [4.78, 5) is 24.8. The van der Waals surface area contributed by atoms with Crippen LogP contribution in [-0.4, -0.2) is 26.1 Å². The van der Waals surface area contributed by atoms with Crippen molar-refractivity contribution in [2.24, 2.45) is 0 Å². The number of carbonyl (C=O) groups is 1. The van der Waals surface area contributed by atoms with Crippen molar-refractivity contribution in [1.82, 2.24) is 10.1 Å². The minimum absolute atomic E-state index is 0.0671. The van der Waals surface area contributed by atoms with Gasteiger partial charge in [0.15, 0.2) is 0 Å². The lowest BCUT2D eigenvalue weighted by Crippen LogP contribution is -1.97. The Morgan fingerprint density at radius 2 is 2.25 bits per heavy atom. The highest BCUT2D eigenvalue weighted by atomic mass is 16.6. The minimum Gasteiger partial charge on any atom is -0.481 e. The summed E-state index contributed by atoms with van der Waals surface area (Å²) in [6.07, 6.45) is 0.00581. The zero-order chi connectivity index (χ0) is 14.7. The van der Waals surface area contributed by atoms with Crippen LogP contribution in [-0.2, 0) is 11.2 Å². The van der Waals surface area contributed by atoms with Crippen molar-refractivity contribution >= 4 is 11.7 Å². The molecule has 0 bridgehead atoms. The van der Waals surface area contributed by atoms with Gasteiger partial charge in [-0.25, -0.2) is 0 Å². The highest BCUT2D eigenvalue weighted by Crippen LogP contribution is 2.25. The van der Waals surface area contributed by atoms with Crippen molar-refractivity contribution in [1.29, 1.82) is 0 Å². The molecule has 1 aromatic carbocycles. The zero-order valence-electron chi connectivity index (χ0n) is 10.6. The maximum absolute atomic E-state index is 10.8. The summed E-state index contributed by atoms with van der Waals surface area (Å²) < 4.78 is 4.93. The number of aliphatic carboxylic acids is 1. The first-order valence-electron chi connectivity index (χ1n) is 5.77. The highest BCUT2D eigenvalue weighted by molar-refractivity contribution is 5.67. The molecule has 0 unspecified atom stereocenters. The average molecular weight is 277 g/mol. The number of hydrogen-bond acceptors (Lipinski definition) is 6. The van der Waals surface area contributed by atoms with Gasteiger partial charge in [0.1, 0.15) is 0 Å². The Morgan fingerprint density at radius 3 is 2.90 bits per heavy atom. The van der Waals surface area contributed by atoms with Crippen LogP contribution in [0.1, 0.15) is 17.9 Å². The van der Waals surface area contributed by atoms with Gasteiger partial charge in [0.05, 0.1) is 11.3 Å². The number of non-ortho nitro benzene ring substituents is 1. The van der Waals surface area contributed by atoms with Crippen molar-refractivity contribution in [3.8, 4) is 11.4 Å². The van der Waals surface area contributed by atoms with Crippen LogP contribution in [0, 0.1) is 17.0 Å². The van der Waals surface area contributed by atoms with Crippen LogP contribution >= 0.6 is 0 Å². The van der Waals surface area contributed by atoms with Gasteiger partial charge in [-0.1, -0.05) is 11.2 Å². The number of nitrogens with zero attached hydrogens (tertiary/aromatic N) is 3. The first-order chi connectivity index (χ1) is 9.47. The number of rotatable bonds is 5. The lowest BCUT2D eigenvalue weighted by Gasteiger charge is -2.00. The van der Waals surface area contributed by atoms with Gasteiger partial charge in [-0.15, -0.1) is 0 Å². The largest absolute Gasteiger partial charge is 0.481 e. The summed E-state index contributed by atoms with van der Waals surface area (Å²) >= 11 is 0. The molecule has 20 heavy (non-hydrogen) atoms. The normalized spacial score (nSPS) is 10.4. The SMILES string of the molecule is Cc1ccc([N+](=O)[O-])cc1-c1noc(CCC(=O)O)n1. The molecule has 0 fully saturated rings. The number of benzene rings is 1. The third-order valence-corrected chi connectivity index (χ3v) is 2.69. The maximum Gasteiger partial charge on any atom is 0.303 e. The lowest BCUT2D eigenvalue weighted by atomic mass is 10.1. The van der Waals surface area contributed by atoms with E-state index in [4.69, 9.17) is 9.63 Å². The molecule has 104 valence electrons. The van der Waals surface area contributed by atoms with Crippen molar-refractivity contribution in [3.05, 3.63) is 39.8 Å².